The average molecular weight is 226 g/mol. The third-order valence-electron chi connectivity index (χ3n) is 3.17. The van der Waals surface area contributed by atoms with Gasteiger partial charge in [0.25, 0.3) is 0 Å². The van der Waals surface area contributed by atoms with Crippen molar-refractivity contribution in [1.82, 2.24) is 0 Å². The number of ether oxygens (including phenoxy) is 1. The molecule has 0 radical (unpaired) electrons. The standard InChI is InChI=1S/C15H14O2/c16-13-6-7-14-12(10-13)8-9-17-15(14)11-4-2-1-3-5-11/h1-7,10,15-16H,8-9H2. The van der Waals surface area contributed by atoms with Crippen LogP contribution in [0.15, 0.2) is 48.5 Å². The Hall–Kier alpha value is -1.80. The number of rotatable bonds is 1. The summed E-state index contributed by atoms with van der Waals surface area (Å²) in [6, 6.07) is 15.7. The third-order valence-corrected chi connectivity index (χ3v) is 3.17. The first kappa shape index (κ1) is 10.4. The van der Waals surface area contributed by atoms with E-state index >= 15 is 0 Å². The van der Waals surface area contributed by atoms with Crippen LogP contribution in [0.2, 0.25) is 0 Å². The van der Waals surface area contributed by atoms with Crippen LogP contribution >= 0.6 is 0 Å². The maximum Gasteiger partial charge on any atom is 0.115 e. The molecule has 0 bridgehead atoms. The lowest BCUT2D eigenvalue weighted by Gasteiger charge is -2.26. The maximum absolute atomic E-state index is 9.50. The van der Waals surface area contributed by atoms with E-state index in [1.54, 1.807) is 6.07 Å². The van der Waals surface area contributed by atoms with Crippen LogP contribution < -0.4 is 0 Å². The summed E-state index contributed by atoms with van der Waals surface area (Å²) in [4.78, 5) is 0. The van der Waals surface area contributed by atoms with Gasteiger partial charge in [-0.25, -0.2) is 0 Å². The first-order valence-electron chi connectivity index (χ1n) is 5.83. The van der Waals surface area contributed by atoms with Crippen LogP contribution in [-0.4, -0.2) is 11.7 Å². The highest BCUT2D eigenvalue weighted by Crippen LogP contribution is 2.34. The molecule has 0 saturated carbocycles. The van der Waals surface area contributed by atoms with Crippen molar-refractivity contribution in [2.24, 2.45) is 0 Å². The summed E-state index contributed by atoms with van der Waals surface area (Å²) in [6.07, 6.45) is 0.869. The van der Waals surface area contributed by atoms with Crippen LogP contribution in [0, 0.1) is 0 Å². The van der Waals surface area contributed by atoms with Gasteiger partial charge < -0.3 is 9.84 Å². The van der Waals surface area contributed by atoms with Crippen LogP contribution in [0.5, 0.6) is 5.75 Å². The fourth-order valence-electron chi connectivity index (χ4n) is 2.34. The summed E-state index contributed by atoms with van der Waals surface area (Å²) in [5.74, 6) is 0.331. The minimum absolute atomic E-state index is 0.000509. The summed E-state index contributed by atoms with van der Waals surface area (Å²) in [5.41, 5.74) is 3.52. The highest BCUT2D eigenvalue weighted by molar-refractivity contribution is 5.41. The molecule has 1 heterocycles. The Morgan fingerprint density at radius 3 is 2.71 bits per heavy atom. The molecule has 1 N–H and O–H groups in total. The second kappa shape index (κ2) is 4.22. The molecule has 17 heavy (non-hydrogen) atoms. The molecule has 1 unspecified atom stereocenters. The summed E-state index contributed by atoms with van der Waals surface area (Å²) in [6.45, 7) is 0.704. The molecule has 0 aliphatic carbocycles. The molecule has 0 amide bonds. The number of phenolic OH excluding ortho intramolecular Hbond substituents is 1. The smallest absolute Gasteiger partial charge is 0.115 e. The van der Waals surface area contributed by atoms with E-state index in [9.17, 15) is 5.11 Å². The lowest BCUT2D eigenvalue weighted by atomic mass is 9.93. The Kier molecular flexibility index (Phi) is 2.57. The quantitative estimate of drug-likeness (QED) is 0.809. The molecule has 2 nitrogen and oxygen atoms in total. The summed E-state index contributed by atoms with van der Waals surface area (Å²) in [5, 5.41) is 9.50. The van der Waals surface area contributed by atoms with Gasteiger partial charge in [0.2, 0.25) is 0 Å². The highest BCUT2D eigenvalue weighted by Gasteiger charge is 2.22. The molecular weight excluding hydrogens is 212 g/mol. The maximum atomic E-state index is 9.50. The van der Waals surface area contributed by atoms with Crippen LogP contribution in [0.4, 0.5) is 0 Å². The van der Waals surface area contributed by atoms with Crippen molar-refractivity contribution in [3.63, 3.8) is 0 Å². The lowest BCUT2D eigenvalue weighted by Crippen LogP contribution is -2.17. The number of benzene rings is 2. The molecule has 0 aromatic heterocycles. The molecule has 1 aliphatic rings. The van der Waals surface area contributed by atoms with Crippen molar-refractivity contribution in [3.8, 4) is 5.75 Å². The SMILES string of the molecule is Oc1ccc2c(c1)CCOC2c1ccccc1. The molecule has 0 fully saturated rings. The number of hydrogen-bond acceptors (Lipinski definition) is 2. The molecule has 2 aromatic rings. The Bertz CT molecular complexity index is 520. The summed E-state index contributed by atoms with van der Waals surface area (Å²) < 4.78 is 5.85. The number of phenols is 1. The van der Waals surface area contributed by atoms with E-state index in [0.29, 0.717) is 12.4 Å². The van der Waals surface area contributed by atoms with E-state index in [0.717, 1.165) is 6.42 Å². The van der Waals surface area contributed by atoms with E-state index in [-0.39, 0.29) is 6.10 Å². The lowest BCUT2D eigenvalue weighted by molar-refractivity contribution is 0.0697. The molecule has 1 atom stereocenters. The second-order valence-corrected chi connectivity index (χ2v) is 4.29. The third kappa shape index (κ3) is 1.92. The van der Waals surface area contributed by atoms with Crippen LogP contribution in [0.25, 0.3) is 0 Å². The normalized spacial score (nSPS) is 18.7. The average Bonchev–Trinajstić information content (AvgIpc) is 2.39. The van der Waals surface area contributed by atoms with Gasteiger partial charge in [0, 0.05) is 0 Å². The Morgan fingerprint density at radius 1 is 1.06 bits per heavy atom. The largest absolute Gasteiger partial charge is 0.508 e. The molecule has 0 spiro atoms. The van der Waals surface area contributed by atoms with Gasteiger partial charge in [-0.3, -0.25) is 0 Å². The summed E-state index contributed by atoms with van der Waals surface area (Å²) in [7, 11) is 0. The predicted octanol–water partition coefficient (Wildman–Crippen LogP) is 3.05. The van der Waals surface area contributed by atoms with Gasteiger partial charge >= 0.3 is 0 Å². The Labute approximate surface area is 100 Å². The van der Waals surface area contributed by atoms with Gasteiger partial charge in [0.05, 0.1) is 6.61 Å². The van der Waals surface area contributed by atoms with Gasteiger partial charge in [-0.05, 0) is 35.2 Å². The topological polar surface area (TPSA) is 29.5 Å². The van der Waals surface area contributed by atoms with E-state index in [4.69, 9.17) is 4.74 Å². The Morgan fingerprint density at radius 2 is 1.88 bits per heavy atom. The fraction of sp³-hybridized carbons (Fsp3) is 0.200. The van der Waals surface area contributed by atoms with Gasteiger partial charge in [-0.1, -0.05) is 36.4 Å². The van der Waals surface area contributed by atoms with Crippen LogP contribution in [0.3, 0.4) is 0 Å². The first-order valence-corrected chi connectivity index (χ1v) is 5.83. The number of hydrogen-bond donors (Lipinski definition) is 1. The van der Waals surface area contributed by atoms with Crippen molar-refractivity contribution < 1.29 is 9.84 Å². The van der Waals surface area contributed by atoms with Gasteiger partial charge in [0.15, 0.2) is 0 Å². The zero-order chi connectivity index (χ0) is 11.7. The highest BCUT2D eigenvalue weighted by atomic mass is 16.5. The van der Waals surface area contributed by atoms with Crippen LogP contribution in [0.1, 0.15) is 22.8 Å². The molecule has 1 aliphatic heterocycles. The van der Waals surface area contributed by atoms with Crippen LogP contribution in [-0.2, 0) is 11.2 Å². The van der Waals surface area contributed by atoms with Crippen molar-refractivity contribution >= 4 is 0 Å². The van der Waals surface area contributed by atoms with Gasteiger partial charge in [0.1, 0.15) is 11.9 Å². The minimum Gasteiger partial charge on any atom is -0.508 e. The fourth-order valence-corrected chi connectivity index (χ4v) is 2.34. The molecule has 86 valence electrons. The minimum atomic E-state index is 0.000509. The van der Waals surface area contributed by atoms with E-state index in [2.05, 4.69) is 12.1 Å². The summed E-state index contributed by atoms with van der Waals surface area (Å²) >= 11 is 0. The van der Waals surface area contributed by atoms with E-state index in [1.165, 1.54) is 16.7 Å². The van der Waals surface area contributed by atoms with Gasteiger partial charge in [-0.2, -0.15) is 0 Å². The predicted molar refractivity (Wildman–Crippen MR) is 66.0 cm³/mol. The molecule has 3 rings (SSSR count). The molecular formula is C15H14O2. The number of aromatic hydroxyl groups is 1. The zero-order valence-corrected chi connectivity index (χ0v) is 9.47. The second-order valence-electron chi connectivity index (χ2n) is 4.29. The Balaban J connectivity index is 2.06. The zero-order valence-electron chi connectivity index (χ0n) is 9.47. The van der Waals surface area contributed by atoms with Crippen molar-refractivity contribution in [2.75, 3.05) is 6.61 Å². The number of fused-ring (bicyclic) bond motifs is 1. The monoisotopic (exact) mass is 226 g/mol. The first-order chi connectivity index (χ1) is 8.34. The van der Waals surface area contributed by atoms with Gasteiger partial charge in [-0.15, -0.1) is 0 Å². The van der Waals surface area contributed by atoms with Crippen molar-refractivity contribution in [1.29, 1.82) is 0 Å². The molecule has 0 saturated heterocycles. The molecule has 2 aromatic carbocycles. The van der Waals surface area contributed by atoms with Crippen molar-refractivity contribution in [3.05, 3.63) is 65.2 Å². The van der Waals surface area contributed by atoms with Crippen molar-refractivity contribution in [2.45, 2.75) is 12.5 Å². The van der Waals surface area contributed by atoms with E-state index in [1.807, 2.05) is 30.3 Å². The van der Waals surface area contributed by atoms with E-state index < -0.39 is 0 Å². The molecule has 2 heteroatoms.